The topological polar surface area (TPSA) is 24.5 Å². The fraction of sp³-hybridized carbons (Fsp3) is 1.00. The molecule has 3 atom stereocenters. The molecule has 1 fully saturated rings. The second-order valence-corrected chi connectivity index (χ2v) is 6.29. The van der Waals surface area contributed by atoms with E-state index < -0.39 is 0 Å². The van der Waals surface area contributed by atoms with E-state index in [-0.39, 0.29) is 0 Å². The molecule has 3 heteroatoms. The van der Waals surface area contributed by atoms with Gasteiger partial charge in [0.2, 0.25) is 0 Å². The number of nitrogens with one attached hydrogen (secondary N) is 1. The molecule has 1 aliphatic rings. The van der Waals surface area contributed by atoms with Crippen LogP contribution >= 0.6 is 0 Å². The van der Waals surface area contributed by atoms with E-state index in [4.69, 9.17) is 4.74 Å². The highest BCUT2D eigenvalue weighted by Gasteiger charge is 2.28. The molecule has 1 aliphatic heterocycles. The Bertz CT molecular complexity index is 235. The van der Waals surface area contributed by atoms with Crippen LogP contribution in [0.25, 0.3) is 0 Å². The highest BCUT2D eigenvalue weighted by molar-refractivity contribution is 4.83. The van der Waals surface area contributed by atoms with Crippen molar-refractivity contribution < 1.29 is 4.74 Å². The lowest BCUT2D eigenvalue weighted by Gasteiger charge is -2.38. The van der Waals surface area contributed by atoms with Crippen LogP contribution in [0.15, 0.2) is 0 Å². The van der Waals surface area contributed by atoms with Crippen molar-refractivity contribution in [3.05, 3.63) is 0 Å². The molecule has 0 aromatic rings. The van der Waals surface area contributed by atoms with Crippen molar-refractivity contribution in [3.63, 3.8) is 0 Å². The van der Waals surface area contributed by atoms with Gasteiger partial charge in [0.1, 0.15) is 0 Å². The normalized spacial score (nSPS) is 25.1. The Morgan fingerprint density at radius 1 is 1.25 bits per heavy atom. The molecule has 0 spiro atoms. The quantitative estimate of drug-likeness (QED) is 0.666. The molecule has 0 bridgehead atoms. The Morgan fingerprint density at radius 3 is 2.70 bits per heavy atom. The fourth-order valence-electron chi connectivity index (χ4n) is 2.99. The van der Waals surface area contributed by atoms with Crippen LogP contribution in [0.1, 0.15) is 59.8 Å². The third kappa shape index (κ3) is 6.11. The molecule has 0 aromatic heterocycles. The lowest BCUT2D eigenvalue weighted by Crippen LogP contribution is -2.49. The molecule has 0 radical (unpaired) electrons. The summed E-state index contributed by atoms with van der Waals surface area (Å²) in [5, 5.41) is 3.73. The van der Waals surface area contributed by atoms with Gasteiger partial charge in [-0.2, -0.15) is 0 Å². The molecule has 1 heterocycles. The van der Waals surface area contributed by atoms with Crippen molar-refractivity contribution in [1.82, 2.24) is 10.2 Å². The van der Waals surface area contributed by atoms with Crippen molar-refractivity contribution >= 4 is 0 Å². The highest BCUT2D eigenvalue weighted by atomic mass is 16.5. The highest BCUT2D eigenvalue weighted by Crippen LogP contribution is 2.19. The first kappa shape index (κ1) is 17.9. The van der Waals surface area contributed by atoms with E-state index in [1.165, 1.54) is 45.2 Å². The van der Waals surface area contributed by atoms with Gasteiger partial charge in [-0.1, -0.05) is 27.2 Å². The molecular weight excluding hydrogens is 248 g/mol. The SMILES string of the molecule is CCCCN(CC1COCCC1NCCC)C(C)CC. The van der Waals surface area contributed by atoms with Gasteiger partial charge < -0.3 is 15.0 Å². The second-order valence-electron chi connectivity index (χ2n) is 6.29. The van der Waals surface area contributed by atoms with E-state index in [1.54, 1.807) is 0 Å². The van der Waals surface area contributed by atoms with Crippen LogP contribution in [0.3, 0.4) is 0 Å². The van der Waals surface area contributed by atoms with Crippen molar-refractivity contribution in [3.8, 4) is 0 Å². The Hall–Kier alpha value is -0.120. The summed E-state index contributed by atoms with van der Waals surface area (Å²) in [5.41, 5.74) is 0. The molecule has 1 saturated heterocycles. The first-order chi connectivity index (χ1) is 9.72. The van der Waals surface area contributed by atoms with Crippen LogP contribution in [0, 0.1) is 5.92 Å². The molecule has 20 heavy (non-hydrogen) atoms. The van der Waals surface area contributed by atoms with E-state index >= 15 is 0 Å². The van der Waals surface area contributed by atoms with Gasteiger partial charge in [-0.3, -0.25) is 0 Å². The van der Waals surface area contributed by atoms with Gasteiger partial charge >= 0.3 is 0 Å². The molecule has 120 valence electrons. The summed E-state index contributed by atoms with van der Waals surface area (Å²) in [7, 11) is 0. The number of nitrogens with zero attached hydrogens (tertiary/aromatic N) is 1. The van der Waals surface area contributed by atoms with Gasteiger partial charge in [0.25, 0.3) is 0 Å². The summed E-state index contributed by atoms with van der Waals surface area (Å²) in [6.07, 6.45) is 6.22. The molecule has 0 amide bonds. The van der Waals surface area contributed by atoms with Gasteiger partial charge in [-0.15, -0.1) is 0 Å². The van der Waals surface area contributed by atoms with Crippen molar-refractivity contribution in [2.75, 3.05) is 32.8 Å². The van der Waals surface area contributed by atoms with Crippen molar-refractivity contribution in [2.45, 2.75) is 71.9 Å². The number of hydrogen-bond acceptors (Lipinski definition) is 3. The van der Waals surface area contributed by atoms with E-state index in [1.807, 2.05) is 0 Å². The number of rotatable bonds is 10. The zero-order valence-corrected chi connectivity index (χ0v) is 14.2. The van der Waals surface area contributed by atoms with Crippen LogP contribution in [0.5, 0.6) is 0 Å². The second kappa shape index (κ2) is 10.6. The predicted octanol–water partition coefficient (Wildman–Crippen LogP) is 3.29. The molecule has 0 aliphatic carbocycles. The van der Waals surface area contributed by atoms with Gasteiger partial charge in [0.15, 0.2) is 0 Å². The zero-order valence-electron chi connectivity index (χ0n) is 14.2. The minimum Gasteiger partial charge on any atom is -0.381 e. The van der Waals surface area contributed by atoms with E-state index in [0.29, 0.717) is 18.0 Å². The maximum Gasteiger partial charge on any atom is 0.0521 e. The molecule has 1 N–H and O–H groups in total. The number of unbranched alkanes of at least 4 members (excludes halogenated alkanes) is 1. The molecular formula is C17H36N2O. The molecule has 3 nitrogen and oxygen atoms in total. The average molecular weight is 284 g/mol. The minimum absolute atomic E-state index is 0.650. The Kier molecular flexibility index (Phi) is 9.49. The monoisotopic (exact) mass is 284 g/mol. The van der Waals surface area contributed by atoms with E-state index in [0.717, 1.165) is 19.8 Å². The van der Waals surface area contributed by atoms with Gasteiger partial charge in [-0.05, 0) is 45.7 Å². The standard InChI is InChI=1S/C17H36N2O/c1-5-8-11-19(15(4)7-3)13-16-14-20-12-9-17(16)18-10-6-2/h15-18H,5-14H2,1-4H3. The summed E-state index contributed by atoms with van der Waals surface area (Å²) < 4.78 is 5.74. The van der Waals surface area contributed by atoms with Crippen LogP contribution in [0.4, 0.5) is 0 Å². The number of ether oxygens (including phenoxy) is 1. The molecule has 0 aromatic carbocycles. The Labute approximate surface area is 126 Å². The number of hydrogen-bond donors (Lipinski definition) is 1. The first-order valence-corrected chi connectivity index (χ1v) is 8.78. The average Bonchev–Trinajstić information content (AvgIpc) is 2.49. The molecule has 0 saturated carbocycles. The largest absolute Gasteiger partial charge is 0.381 e. The fourth-order valence-corrected chi connectivity index (χ4v) is 2.99. The predicted molar refractivity (Wildman–Crippen MR) is 87.2 cm³/mol. The van der Waals surface area contributed by atoms with Crippen LogP contribution < -0.4 is 5.32 Å². The third-order valence-corrected chi connectivity index (χ3v) is 4.61. The Balaban J connectivity index is 2.53. The summed E-state index contributed by atoms with van der Waals surface area (Å²) in [6, 6.07) is 1.34. The third-order valence-electron chi connectivity index (χ3n) is 4.61. The van der Waals surface area contributed by atoms with Crippen molar-refractivity contribution in [1.29, 1.82) is 0 Å². The first-order valence-electron chi connectivity index (χ1n) is 8.78. The summed E-state index contributed by atoms with van der Waals surface area (Å²) in [6.45, 7) is 14.6. The van der Waals surface area contributed by atoms with Crippen molar-refractivity contribution in [2.24, 2.45) is 5.92 Å². The molecule has 3 unspecified atom stereocenters. The maximum absolute atomic E-state index is 5.74. The zero-order chi connectivity index (χ0) is 14.8. The van der Waals surface area contributed by atoms with Crippen LogP contribution in [-0.4, -0.2) is 49.8 Å². The maximum atomic E-state index is 5.74. The lowest BCUT2D eigenvalue weighted by atomic mass is 9.94. The molecule has 1 rings (SSSR count). The van der Waals surface area contributed by atoms with E-state index in [9.17, 15) is 0 Å². The smallest absolute Gasteiger partial charge is 0.0521 e. The van der Waals surface area contributed by atoms with Crippen LogP contribution in [-0.2, 0) is 4.74 Å². The Morgan fingerprint density at radius 2 is 2.05 bits per heavy atom. The van der Waals surface area contributed by atoms with E-state index in [2.05, 4.69) is 37.9 Å². The summed E-state index contributed by atoms with van der Waals surface area (Å²) in [4.78, 5) is 2.68. The lowest BCUT2D eigenvalue weighted by molar-refractivity contribution is 0.0106. The minimum atomic E-state index is 0.650. The van der Waals surface area contributed by atoms with Gasteiger partial charge in [0.05, 0.1) is 6.61 Å². The van der Waals surface area contributed by atoms with Gasteiger partial charge in [-0.25, -0.2) is 0 Å². The summed E-state index contributed by atoms with van der Waals surface area (Å²) in [5.74, 6) is 0.654. The van der Waals surface area contributed by atoms with Gasteiger partial charge in [0, 0.05) is 31.2 Å². The van der Waals surface area contributed by atoms with Crippen LogP contribution in [0.2, 0.25) is 0 Å². The summed E-state index contributed by atoms with van der Waals surface area (Å²) >= 11 is 0.